The van der Waals surface area contributed by atoms with Crippen molar-refractivity contribution in [1.82, 2.24) is 15.5 Å². The van der Waals surface area contributed by atoms with E-state index >= 15 is 0 Å². The van der Waals surface area contributed by atoms with E-state index in [0.717, 1.165) is 45.5 Å². The minimum absolute atomic E-state index is 0.0555. The predicted molar refractivity (Wildman–Crippen MR) is 106 cm³/mol. The van der Waals surface area contributed by atoms with Gasteiger partial charge in [-0.1, -0.05) is 31.2 Å². The first kappa shape index (κ1) is 20.1. The van der Waals surface area contributed by atoms with E-state index in [1.165, 1.54) is 11.1 Å². The molecule has 0 aliphatic carbocycles. The van der Waals surface area contributed by atoms with Crippen molar-refractivity contribution in [3.05, 3.63) is 35.4 Å². The van der Waals surface area contributed by atoms with E-state index in [4.69, 9.17) is 9.47 Å². The van der Waals surface area contributed by atoms with E-state index in [1.54, 1.807) is 0 Å². The molecule has 1 aromatic carbocycles. The Kier molecular flexibility index (Phi) is 7.10. The first-order chi connectivity index (χ1) is 13.1. The summed E-state index contributed by atoms with van der Waals surface area (Å²) in [7, 11) is 0. The Morgan fingerprint density at radius 2 is 2.00 bits per heavy atom. The Hall–Kier alpha value is -1.63. The molecule has 2 heterocycles. The molecule has 1 aromatic rings. The summed E-state index contributed by atoms with van der Waals surface area (Å²) in [5, 5.41) is 5.65. The average molecular weight is 376 g/mol. The van der Waals surface area contributed by atoms with Crippen LogP contribution in [0.5, 0.6) is 0 Å². The molecule has 0 saturated carbocycles. The lowest BCUT2D eigenvalue weighted by molar-refractivity contribution is -0.0847. The second kappa shape index (κ2) is 9.53. The van der Waals surface area contributed by atoms with Crippen molar-refractivity contribution in [1.29, 1.82) is 0 Å². The van der Waals surface area contributed by atoms with Crippen LogP contribution in [0.1, 0.15) is 37.8 Å². The molecule has 2 atom stereocenters. The molecule has 1 spiro atoms. The van der Waals surface area contributed by atoms with Gasteiger partial charge in [0.15, 0.2) is 0 Å². The van der Waals surface area contributed by atoms with Crippen molar-refractivity contribution >= 4 is 6.03 Å². The van der Waals surface area contributed by atoms with Crippen LogP contribution in [0.4, 0.5) is 4.79 Å². The number of hydrogen-bond acceptors (Lipinski definition) is 4. The van der Waals surface area contributed by atoms with Gasteiger partial charge in [0.1, 0.15) is 5.60 Å². The second-order valence-corrected chi connectivity index (χ2v) is 7.64. The minimum atomic E-state index is -0.257. The highest BCUT2D eigenvalue weighted by atomic mass is 16.6. The molecule has 0 unspecified atom stereocenters. The number of ether oxygens (including phenoxy) is 2. The molecular formula is C21H33N3O3. The van der Waals surface area contributed by atoms with E-state index in [9.17, 15) is 4.79 Å². The van der Waals surface area contributed by atoms with Crippen molar-refractivity contribution in [2.45, 2.75) is 51.4 Å². The zero-order valence-electron chi connectivity index (χ0n) is 16.6. The first-order valence-electron chi connectivity index (χ1n) is 10.2. The quantitative estimate of drug-likeness (QED) is 0.801. The third kappa shape index (κ3) is 5.67. The number of aryl methyl sites for hydroxylation is 1. The number of hydrogen-bond donors (Lipinski definition) is 2. The summed E-state index contributed by atoms with van der Waals surface area (Å²) >= 11 is 0. The van der Waals surface area contributed by atoms with Gasteiger partial charge in [0.25, 0.3) is 0 Å². The molecule has 0 bridgehead atoms. The van der Waals surface area contributed by atoms with Gasteiger partial charge in [0, 0.05) is 32.7 Å². The van der Waals surface area contributed by atoms with Crippen molar-refractivity contribution in [3.8, 4) is 0 Å². The van der Waals surface area contributed by atoms with E-state index in [0.29, 0.717) is 19.7 Å². The molecule has 0 aromatic heterocycles. The van der Waals surface area contributed by atoms with Gasteiger partial charge in [0.05, 0.1) is 19.3 Å². The highest BCUT2D eigenvalue weighted by molar-refractivity contribution is 5.73. The predicted octanol–water partition coefficient (Wildman–Crippen LogP) is 2.32. The third-order valence-electron chi connectivity index (χ3n) is 5.43. The van der Waals surface area contributed by atoms with Gasteiger partial charge in [-0.05, 0) is 37.3 Å². The summed E-state index contributed by atoms with van der Waals surface area (Å²) in [5.74, 6) is 0. The van der Waals surface area contributed by atoms with Crippen LogP contribution in [0, 0.1) is 0 Å². The summed E-state index contributed by atoms with van der Waals surface area (Å²) in [5.41, 5.74) is 2.45. The van der Waals surface area contributed by atoms with Crippen molar-refractivity contribution in [2.75, 3.05) is 39.4 Å². The molecule has 2 aliphatic heterocycles. The number of rotatable bonds is 6. The molecule has 2 fully saturated rings. The lowest BCUT2D eigenvalue weighted by atomic mass is 9.99. The lowest BCUT2D eigenvalue weighted by Crippen LogP contribution is -2.46. The van der Waals surface area contributed by atoms with Gasteiger partial charge in [-0.15, -0.1) is 0 Å². The fraction of sp³-hybridized carbons (Fsp3) is 0.667. The maximum atomic E-state index is 11.6. The molecule has 0 radical (unpaired) electrons. The number of carbonyl (C=O) groups excluding carboxylic acids is 1. The highest BCUT2D eigenvalue weighted by Crippen LogP contribution is 2.33. The second-order valence-electron chi connectivity index (χ2n) is 7.64. The van der Waals surface area contributed by atoms with E-state index in [2.05, 4.69) is 46.7 Å². The van der Waals surface area contributed by atoms with Crippen LogP contribution >= 0.6 is 0 Å². The molecule has 2 N–H and O–H groups in total. The fourth-order valence-corrected chi connectivity index (χ4v) is 3.95. The summed E-state index contributed by atoms with van der Waals surface area (Å²) in [4.78, 5) is 14.1. The zero-order chi connectivity index (χ0) is 19.1. The number of benzene rings is 1. The number of nitrogens with one attached hydrogen (secondary N) is 2. The van der Waals surface area contributed by atoms with E-state index in [1.807, 2.05) is 6.92 Å². The average Bonchev–Trinajstić information content (AvgIpc) is 2.96. The van der Waals surface area contributed by atoms with Crippen LogP contribution in [0.25, 0.3) is 0 Å². The molecule has 150 valence electrons. The Bertz CT molecular complexity index is 607. The highest BCUT2D eigenvalue weighted by Gasteiger charge is 2.43. The topological polar surface area (TPSA) is 62.8 Å². The molecule has 6 nitrogen and oxygen atoms in total. The lowest BCUT2D eigenvalue weighted by Gasteiger charge is -2.32. The maximum absolute atomic E-state index is 11.6. The van der Waals surface area contributed by atoms with Gasteiger partial charge in [0.2, 0.25) is 0 Å². The summed E-state index contributed by atoms with van der Waals surface area (Å²) in [6, 6.07) is 8.76. The Labute approximate surface area is 162 Å². The SMILES string of the molecule is CCNC(=O)NC[C@H]1CC[C@@]2(COCCN(Cc3ccc(CC)cc3)C2)O1. The molecule has 3 rings (SSSR count). The van der Waals surface area contributed by atoms with Gasteiger partial charge in [-0.2, -0.15) is 0 Å². The van der Waals surface area contributed by atoms with Crippen LogP contribution in [0.2, 0.25) is 0 Å². The van der Waals surface area contributed by atoms with Crippen molar-refractivity contribution in [2.24, 2.45) is 0 Å². The molecule has 27 heavy (non-hydrogen) atoms. The first-order valence-corrected chi connectivity index (χ1v) is 10.2. The van der Waals surface area contributed by atoms with Gasteiger partial charge in [-0.3, -0.25) is 4.90 Å². The van der Waals surface area contributed by atoms with Gasteiger partial charge < -0.3 is 20.1 Å². The van der Waals surface area contributed by atoms with Crippen LogP contribution in [0.15, 0.2) is 24.3 Å². The van der Waals surface area contributed by atoms with Crippen LogP contribution < -0.4 is 10.6 Å². The van der Waals surface area contributed by atoms with E-state index < -0.39 is 0 Å². The summed E-state index contributed by atoms with van der Waals surface area (Å²) in [6.45, 7) is 9.35. The van der Waals surface area contributed by atoms with Gasteiger partial charge in [-0.25, -0.2) is 4.79 Å². The molecule has 6 heteroatoms. The summed E-state index contributed by atoms with van der Waals surface area (Å²) < 4.78 is 12.3. The number of nitrogens with zero attached hydrogens (tertiary/aromatic N) is 1. The Morgan fingerprint density at radius 3 is 2.74 bits per heavy atom. The number of carbonyl (C=O) groups is 1. The van der Waals surface area contributed by atoms with Crippen molar-refractivity contribution < 1.29 is 14.3 Å². The monoisotopic (exact) mass is 375 g/mol. The van der Waals surface area contributed by atoms with Crippen molar-refractivity contribution in [3.63, 3.8) is 0 Å². The minimum Gasteiger partial charge on any atom is -0.377 e. The largest absolute Gasteiger partial charge is 0.377 e. The third-order valence-corrected chi connectivity index (χ3v) is 5.43. The van der Waals surface area contributed by atoms with Gasteiger partial charge >= 0.3 is 6.03 Å². The van der Waals surface area contributed by atoms with Crippen LogP contribution in [-0.2, 0) is 22.4 Å². The zero-order valence-corrected chi connectivity index (χ0v) is 16.6. The molecule has 2 aliphatic rings. The number of urea groups is 1. The fourth-order valence-electron chi connectivity index (χ4n) is 3.95. The molecular weight excluding hydrogens is 342 g/mol. The molecule has 2 amide bonds. The molecule has 2 saturated heterocycles. The van der Waals surface area contributed by atoms with Crippen LogP contribution in [-0.4, -0.2) is 62.0 Å². The normalized spacial score (nSPS) is 26.1. The Morgan fingerprint density at radius 1 is 1.22 bits per heavy atom. The smallest absolute Gasteiger partial charge is 0.314 e. The summed E-state index contributed by atoms with van der Waals surface area (Å²) in [6.07, 6.45) is 3.05. The standard InChI is InChI=1S/C21H33N3O3/c1-3-17-5-7-18(8-6-17)14-24-11-12-26-16-21(15-24)10-9-19(27-21)13-23-20(25)22-4-2/h5-8,19H,3-4,9-16H2,1-2H3,(H2,22,23,25)/t19-,21-/m1/s1. The van der Waals surface area contributed by atoms with Crippen LogP contribution in [0.3, 0.4) is 0 Å². The Balaban J connectivity index is 1.55. The number of amides is 2. The van der Waals surface area contributed by atoms with E-state index in [-0.39, 0.29) is 17.7 Å². The maximum Gasteiger partial charge on any atom is 0.314 e.